The van der Waals surface area contributed by atoms with Crippen LogP contribution in [0.4, 0.5) is 19.0 Å². The fourth-order valence-electron chi connectivity index (χ4n) is 1.03. The molecule has 104 valence electrons. The Hall–Kier alpha value is -2.19. The molecular weight excluding hydrogens is 267 g/mol. The van der Waals surface area contributed by atoms with Crippen molar-refractivity contribution >= 4 is 17.6 Å². The van der Waals surface area contributed by atoms with Gasteiger partial charge in [0.15, 0.2) is 5.69 Å². The summed E-state index contributed by atoms with van der Waals surface area (Å²) in [5.74, 6) is -1.93. The van der Waals surface area contributed by atoms with Gasteiger partial charge in [-0.2, -0.15) is 13.2 Å². The minimum Gasteiger partial charge on any atom is -0.460 e. The molecule has 0 saturated heterocycles. The molecule has 1 aromatic rings. The average molecular weight is 277 g/mol. The first kappa shape index (κ1) is 14.9. The van der Waals surface area contributed by atoms with E-state index in [1.54, 1.807) is 6.92 Å². The highest BCUT2D eigenvalue weighted by molar-refractivity contribution is 6.34. The van der Waals surface area contributed by atoms with E-state index < -0.39 is 30.2 Å². The van der Waals surface area contributed by atoms with Crippen LogP contribution in [0, 0.1) is 0 Å². The first-order chi connectivity index (χ1) is 8.84. The van der Waals surface area contributed by atoms with Gasteiger partial charge in [0.2, 0.25) is 0 Å². The van der Waals surface area contributed by atoms with Gasteiger partial charge < -0.3 is 10.1 Å². The van der Waals surface area contributed by atoms with Gasteiger partial charge in [0.25, 0.3) is 5.78 Å². The Kier molecular flexibility index (Phi) is 4.79. The molecule has 0 saturated carbocycles. The van der Waals surface area contributed by atoms with E-state index in [0.717, 1.165) is 6.07 Å². The molecule has 1 rings (SSSR count). The first-order valence-electron chi connectivity index (χ1n) is 5.19. The predicted molar refractivity (Wildman–Crippen MR) is 57.2 cm³/mol. The number of ether oxygens (including phenoxy) is 1. The molecule has 0 aliphatic rings. The number of carbonyl (C=O) groups is 2. The van der Waals surface area contributed by atoms with Crippen LogP contribution in [0.1, 0.15) is 12.6 Å². The molecule has 0 fully saturated rings. The van der Waals surface area contributed by atoms with Crippen LogP contribution in [0.3, 0.4) is 0 Å². The highest BCUT2D eigenvalue weighted by atomic mass is 19.4. The van der Waals surface area contributed by atoms with Crippen molar-refractivity contribution in [1.82, 2.24) is 10.2 Å². The molecule has 0 aromatic carbocycles. The van der Waals surface area contributed by atoms with Gasteiger partial charge in [-0.25, -0.2) is 4.79 Å². The van der Waals surface area contributed by atoms with E-state index in [9.17, 15) is 22.8 Å². The molecule has 0 aliphatic carbocycles. The van der Waals surface area contributed by atoms with Crippen molar-refractivity contribution < 1.29 is 27.5 Å². The van der Waals surface area contributed by atoms with Crippen LogP contribution in [0.25, 0.3) is 0 Å². The summed E-state index contributed by atoms with van der Waals surface area (Å²) in [6.07, 6.45) is -4.58. The van der Waals surface area contributed by atoms with E-state index in [-0.39, 0.29) is 12.4 Å². The Morgan fingerprint density at radius 3 is 2.47 bits per heavy atom. The van der Waals surface area contributed by atoms with Crippen molar-refractivity contribution in [2.24, 2.45) is 0 Å². The van der Waals surface area contributed by atoms with E-state index >= 15 is 0 Å². The number of carbonyl (C=O) groups excluding carboxylic acids is 2. The number of aromatic nitrogens is 2. The maximum Gasteiger partial charge on any atom is 0.435 e. The standard InChI is InChI=1S/C10H10F3N3O3/c1-2-19-9(18)6(17)5-14-8-4-3-7(15-16-8)10(11,12)13/h3-4H,2,5H2,1H3,(H,14,16). The van der Waals surface area contributed by atoms with Crippen LogP contribution < -0.4 is 5.32 Å². The monoisotopic (exact) mass is 277 g/mol. The molecule has 1 aromatic heterocycles. The Bertz CT molecular complexity index is 459. The van der Waals surface area contributed by atoms with Crippen molar-refractivity contribution in [3.05, 3.63) is 17.8 Å². The molecule has 0 atom stereocenters. The predicted octanol–water partition coefficient (Wildman–Crippen LogP) is 1.04. The summed E-state index contributed by atoms with van der Waals surface area (Å²) in [5, 5.41) is 8.55. The number of rotatable bonds is 5. The smallest absolute Gasteiger partial charge is 0.435 e. The number of ketones is 1. The molecule has 0 amide bonds. The van der Waals surface area contributed by atoms with Crippen molar-refractivity contribution in [2.45, 2.75) is 13.1 Å². The number of hydrogen-bond donors (Lipinski definition) is 1. The van der Waals surface area contributed by atoms with Gasteiger partial charge in [0.1, 0.15) is 5.82 Å². The molecular formula is C10H10F3N3O3. The Morgan fingerprint density at radius 1 is 1.32 bits per heavy atom. The quantitative estimate of drug-likeness (QED) is 0.639. The number of esters is 1. The summed E-state index contributed by atoms with van der Waals surface area (Å²) < 4.78 is 41.0. The number of anilines is 1. The molecule has 1 N–H and O–H groups in total. The summed E-state index contributed by atoms with van der Waals surface area (Å²) in [6.45, 7) is 1.17. The van der Waals surface area contributed by atoms with Gasteiger partial charge in [-0.15, -0.1) is 10.2 Å². The number of nitrogens with zero attached hydrogens (tertiary/aromatic N) is 2. The Balaban J connectivity index is 2.55. The molecule has 0 bridgehead atoms. The van der Waals surface area contributed by atoms with Gasteiger partial charge in [-0.05, 0) is 19.1 Å². The van der Waals surface area contributed by atoms with Crippen molar-refractivity contribution in [2.75, 3.05) is 18.5 Å². The van der Waals surface area contributed by atoms with Crippen molar-refractivity contribution in [3.63, 3.8) is 0 Å². The van der Waals surface area contributed by atoms with Crippen LogP contribution >= 0.6 is 0 Å². The molecule has 0 unspecified atom stereocenters. The van der Waals surface area contributed by atoms with E-state index in [4.69, 9.17) is 0 Å². The van der Waals surface area contributed by atoms with Crippen LogP contribution in [0.15, 0.2) is 12.1 Å². The lowest BCUT2D eigenvalue weighted by Gasteiger charge is -2.06. The normalized spacial score (nSPS) is 10.9. The van der Waals surface area contributed by atoms with Gasteiger partial charge in [-0.1, -0.05) is 0 Å². The summed E-state index contributed by atoms with van der Waals surface area (Å²) in [5.41, 5.74) is -1.14. The summed E-state index contributed by atoms with van der Waals surface area (Å²) in [6, 6.07) is 1.72. The molecule has 9 heteroatoms. The largest absolute Gasteiger partial charge is 0.460 e. The molecule has 19 heavy (non-hydrogen) atoms. The van der Waals surface area contributed by atoms with Gasteiger partial charge in [0.05, 0.1) is 13.2 Å². The van der Waals surface area contributed by atoms with Crippen LogP contribution in [-0.4, -0.2) is 35.1 Å². The summed E-state index contributed by atoms with van der Waals surface area (Å²) in [4.78, 5) is 22.1. The second kappa shape index (κ2) is 6.12. The van der Waals surface area contributed by atoms with Crippen molar-refractivity contribution in [1.29, 1.82) is 0 Å². The lowest BCUT2D eigenvalue weighted by atomic mass is 10.3. The number of Topliss-reactive ketones (excluding diaryl/α,β-unsaturated/α-hetero) is 1. The first-order valence-corrected chi connectivity index (χ1v) is 5.19. The zero-order chi connectivity index (χ0) is 14.5. The fourth-order valence-corrected chi connectivity index (χ4v) is 1.03. The fraction of sp³-hybridized carbons (Fsp3) is 0.400. The van der Waals surface area contributed by atoms with Gasteiger partial charge in [-0.3, -0.25) is 4.79 Å². The SMILES string of the molecule is CCOC(=O)C(=O)CNc1ccc(C(F)(F)F)nn1. The third-order valence-electron chi connectivity index (χ3n) is 1.89. The zero-order valence-electron chi connectivity index (χ0n) is 9.82. The van der Waals surface area contributed by atoms with E-state index in [0.29, 0.717) is 6.07 Å². The minimum absolute atomic E-state index is 0.0503. The molecule has 1 heterocycles. The molecule has 0 spiro atoms. The third-order valence-corrected chi connectivity index (χ3v) is 1.89. The Labute approximate surface area is 106 Å². The van der Waals surface area contributed by atoms with Crippen LogP contribution in [-0.2, 0) is 20.5 Å². The maximum atomic E-state index is 12.2. The highest BCUT2D eigenvalue weighted by Crippen LogP contribution is 2.26. The van der Waals surface area contributed by atoms with E-state index in [2.05, 4.69) is 20.3 Å². The average Bonchev–Trinajstić information content (AvgIpc) is 2.35. The number of alkyl halides is 3. The topological polar surface area (TPSA) is 81.2 Å². The van der Waals surface area contributed by atoms with Crippen molar-refractivity contribution in [3.8, 4) is 0 Å². The molecule has 6 nitrogen and oxygen atoms in total. The minimum atomic E-state index is -4.58. The highest BCUT2D eigenvalue weighted by Gasteiger charge is 2.32. The van der Waals surface area contributed by atoms with Gasteiger partial charge >= 0.3 is 12.1 Å². The number of nitrogens with one attached hydrogen (secondary N) is 1. The summed E-state index contributed by atoms with van der Waals surface area (Å²) >= 11 is 0. The third kappa shape index (κ3) is 4.53. The summed E-state index contributed by atoms with van der Waals surface area (Å²) in [7, 11) is 0. The van der Waals surface area contributed by atoms with E-state index in [1.165, 1.54) is 0 Å². The second-order valence-electron chi connectivity index (χ2n) is 3.30. The number of halogens is 3. The molecule has 0 aliphatic heterocycles. The zero-order valence-corrected chi connectivity index (χ0v) is 9.82. The molecule has 0 radical (unpaired) electrons. The van der Waals surface area contributed by atoms with Crippen LogP contribution in [0.5, 0.6) is 0 Å². The Morgan fingerprint density at radius 2 is 2.00 bits per heavy atom. The lowest BCUT2D eigenvalue weighted by Crippen LogP contribution is -2.25. The second-order valence-corrected chi connectivity index (χ2v) is 3.30. The van der Waals surface area contributed by atoms with Gasteiger partial charge in [0, 0.05) is 0 Å². The van der Waals surface area contributed by atoms with E-state index in [1.807, 2.05) is 0 Å². The van der Waals surface area contributed by atoms with Crippen LogP contribution in [0.2, 0.25) is 0 Å². The lowest BCUT2D eigenvalue weighted by molar-refractivity contribution is -0.152. The number of hydrogen-bond acceptors (Lipinski definition) is 6. The maximum absolute atomic E-state index is 12.2.